The molecule has 0 radical (unpaired) electrons. The number of rotatable bonds is 13. The highest BCUT2D eigenvalue weighted by molar-refractivity contribution is 7.92. The van der Waals surface area contributed by atoms with E-state index in [0.717, 1.165) is 17.0 Å². The van der Waals surface area contributed by atoms with Gasteiger partial charge in [-0.1, -0.05) is 44.2 Å². The van der Waals surface area contributed by atoms with E-state index in [4.69, 9.17) is 4.74 Å². The lowest BCUT2D eigenvalue weighted by Gasteiger charge is -2.33. The van der Waals surface area contributed by atoms with E-state index in [9.17, 15) is 22.4 Å². The number of sulfonamides is 1. The second-order valence-corrected chi connectivity index (χ2v) is 10.9. The van der Waals surface area contributed by atoms with Gasteiger partial charge in [-0.25, -0.2) is 12.8 Å². The summed E-state index contributed by atoms with van der Waals surface area (Å²) in [6.45, 7) is 3.64. The predicted molar refractivity (Wildman–Crippen MR) is 149 cm³/mol. The molecule has 1 unspecified atom stereocenters. The molecule has 3 aromatic carbocycles. The van der Waals surface area contributed by atoms with Crippen LogP contribution in [-0.4, -0.2) is 50.5 Å². The molecule has 1 N–H and O–H groups in total. The molecule has 2 amide bonds. The van der Waals surface area contributed by atoms with Gasteiger partial charge in [-0.05, 0) is 66.9 Å². The molecule has 0 heterocycles. The zero-order chi connectivity index (χ0) is 28.4. The molecule has 0 fully saturated rings. The van der Waals surface area contributed by atoms with Crippen LogP contribution in [0.15, 0.2) is 78.9 Å². The molecule has 0 aliphatic carbocycles. The standard InChI is InChI=1S/C29H34FN3O5S/c1-4-19-31-29(35)27(5-2)32(20-22-11-13-23(30)14-12-22)28(34)21-33(39(3,36)37)24-15-17-26(18-16-24)38-25-9-7-6-8-10-25/h6-18,27H,4-5,19-21H2,1-3H3,(H,31,35). The minimum atomic E-state index is -3.87. The minimum Gasteiger partial charge on any atom is -0.457 e. The number of hydrogen-bond donors (Lipinski definition) is 1. The van der Waals surface area contributed by atoms with Gasteiger partial charge in [-0.3, -0.25) is 13.9 Å². The van der Waals surface area contributed by atoms with Crippen molar-refractivity contribution in [1.82, 2.24) is 10.2 Å². The average Bonchev–Trinajstić information content (AvgIpc) is 2.92. The molecule has 39 heavy (non-hydrogen) atoms. The minimum absolute atomic E-state index is 0.0125. The number of carbonyl (C=O) groups is 2. The third-order valence-electron chi connectivity index (χ3n) is 5.98. The van der Waals surface area contributed by atoms with Crippen molar-refractivity contribution in [2.24, 2.45) is 0 Å². The zero-order valence-corrected chi connectivity index (χ0v) is 23.2. The Morgan fingerprint density at radius 3 is 2.10 bits per heavy atom. The Labute approximate surface area is 229 Å². The van der Waals surface area contributed by atoms with Gasteiger partial charge >= 0.3 is 0 Å². The number of nitrogens with one attached hydrogen (secondary N) is 1. The molecule has 0 bridgehead atoms. The fourth-order valence-corrected chi connectivity index (χ4v) is 4.84. The number of para-hydroxylation sites is 1. The number of hydrogen-bond acceptors (Lipinski definition) is 5. The lowest BCUT2D eigenvalue weighted by atomic mass is 10.1. The van der Waals surface area contributed by atoms with Crippen molar-refractivity contribution < 1.29 is 27.1 Å². The van der Waals surface area contributed by atoms with Gasteiger partial charge < -0.3 is 15.0 Å². The summed E-state index contributed by atoms with van der Waals surface area (Å²) < 4.78 is 45.8. The van der Waals surface area contributed by atoms with Crippen LogP contribution in [0.4, 0.5) is 10.1 Å². The highest BCUT2D eigenvalue weighted by atomic mass is 32.2. The first-order chi connectivity index (χ1) is 18.6. The highest BCUT2D eigenvalue weighted by Gasteiger charge is 2.31. The van der Waals surface area contributed by atoms with Gasteiger partial charge in [-0.2, -0.15) is 0 Å². The summed E-state index contributed by atoms with van der Waals surface area (Å²) in [6.07, 6.45) is 2.05. The smallest absolute Gasteiger partial charge is 0.244 e. The molecule has 0 aromatic heterocycles. The molecule has 3 rings (SSSR count). The molecule has 208 valence electrons. The van der Waals surface area contributed by atoms with Gasteiger partial charge in [-0.15, -0.1) is 0 Å². The maximum absolute atomic E-state index is 13.7. The Morgan fingerprint density at radius 1 is 0.923 bits per heavy atom. The summed E-state index contributed by atoms with van der Waals surface area (Å²) >= 11 is 0. The van der Waals surface area contributed by atoms with E-state index in [-0.39, 0.29) is 18.1 Å². The molecular weight excluding hydrogens is 521 g/mol. The molecule has 8 nitrogen and oxygen atoms in total. The maximum Gasteiger partial charge on any atom is 0.244 e. The topological polar surface area (TPSA) is 96.0 Å². The van der Waals surface area contributed by atoms with Crippen LogP contribution >= 0.6 is 0 Å². The van der Waals surface area contributed by atoms with Gasteiger partial charge in [0.2, 0.25) is 21.8 Å². The van der Waals surface area contributed by atoms with Gasteiger partial charge in [0.15, 0.2) is 0 Å². The largest absolute Gasteiger partial charge is 0.457 e. The number of halogens is 1. The highest BCUT2D eigenvalue weighted by Crippen LogP contribution is 2.26. The molecular formula is C29H34FN3O5S. The molecule has 1 atom stereocenters. The van der Waals surface area contributed by atoms with Gasteiger partial charge in [0.25, 0.3) is 0 Å². The van der Waals surface area contributed by atoms with Crippen LogP contribution in [0.25, 0.3) is 0 Å². The lowest BCUT2D eigenvalue weighted by Crippen LogP contribution is -2.52. The Morgan fingerprint density at radius 2 is 1.54 bits per heavy atom. The molecule has 0 spiro atoms. The SMILES string of the molecule is CCCNC(=O)C(CC)N(Cc1ccc(F)cc1)C(=O)CN(c1ccc(Oc2ccccc2)cc1)S(C)(=O)=O. The average molecular weight is 556 g/mol. The summed E-state index contributed by atoms with van der Waals surface area (Å²) in [5, 5.41) is 2.82. The third kappa shape index (κ3) is 8.54. The number of ether oxygens (including phenoxy) is 1. The van der Waals surface area contributed by atoms with Crippen LogP contribution in [0.2, 0.25) is 0 Å². The van der Waals surface area contributed by atoms with E-state index in [1.165, 1.54) is 29.2 Å². The molecule has 0 aliphatic rings. The van der Waals surface area contributed by atoms with Crippen LogP contribution in [0.3, 0.4) is 0 Å². The zero-order valence-electron chi connectivity index (χ0n) is 22.3. The van der Waals surface area contributed by atoms with Crippen molar-refractivity contribution in [2.45, 2.75) is 39.3 Å². The Balaban J connectivity index is 1.87. The van der Waals surface area contributed by atoms with Crippen LogP contribution in [0.5, 0.6) is 11.5 Å². The monoisotopic (exact) mass is 555 g/mol. The number of benzene rings is 3. The number of amides is 2. The Hall–Kier alpha value is -3.92. The van der Waals surface area contributed by atoms with E-state index in [1.54, 1.807) is 43.3 Å². The van der Waals surface area contributed by atoms with Gasteiger partial charge in [0.1, 0.15) is 29.9 Å². The quantitative estimate of drug-likeness (QED) is 0.329. The fraction of sp³-hybridized carbons (Fsp3) is 0.310. The van der Waals surface area contributed by atoms with E-state index >= 15 is 0 Å². The van der Waals surface area contributed by atoms with Gasteiger partial charge in [0, 0.05) is 13.1 Å². The van der Waals surface area contributed by atoms with Crippen molar-refractivity contribution in [2.75, 3.05) is 23.7 Å². The van der Waals surface area contributed by atoms with Crippen LogP contribution in [0.1, 0.15) is 32.3 Å². The third-order valence-corrected chi connectivity index (χ3v) is 7.12. The van der Waals surface area contributed by atoms with Crippen molar-refractivity contribution in [3.63, 3.8) is 0 Å². The summed E-state index contributed by atoms with van der Waals surface area (Å²) in [5.41, 5.74) is 0.885. The lowest BCUT2D eigenvalue weighted by molar-refractivity contribution is -0.140. The van der Waals surface area contributed by atoms with Crippen LogP contribution in [0, 0.1) is 5.82 Å². The van der Waals surface area contributed by atoms with E-state index in [2.05, 4.69) is 5.32 Å². The fourth-order valence-electron chi connectivity index (χ4n) is 3.99. The normalized spacial score (nSPS) is 11.9. The van der Waals surface area contributed by atoms with E-state index in [0.29, 0.717) is 30.0 Å². The van der Waals surface area contributed by atoms with Crippen molar-refractivity contribution >= 4 is 27.5 Å². The van der Waals surface area contributed by atoms with Crippen LogP contribution in [-0.2, 0) is 26.2 Å². The van der Waals surface area contributed by atoms with E-state index in [1.807, 2.05) is 25.1 Å². The summed E-state index contributed by atoms with van der Waals surface area (Å²) in [6, 6.07) is 20.3. The second kappa shape index (κ2) is 13.7. The Bertz CT molecular complexity index is 1330. The molecule has 0 aliphatic heterocycles. The second-order valence-electron chi connectivity index (χ2n) is 9.04. The van der Waals surface area contributed by atoms with E-state index < -0.39 is 34.3 Å². The number of anilines is 1. The summed E-state index contributed by atoms with van der Waals surface area (Å²) in [4.78, 5) is 28.0. The van der Waals surface area contributed by atoms with Crippen molar-refractivity contribution in [3.05, 3.63) is 90.2 Å². The molecule has 10 heteroatoms. The molecule has 0 saturated carbocycles. The molecule has 3 aromatic rings. The summed E-state index contributed by atoms with van der Waals surface area (Å²) in [5.74, 6) is -0.187. The first-order valence-corrected chi connectivity index (χ1v) is 14.6. The van der Waals surface area contributed by atoms with Crippen molar-refractivity contribution in [1.29, 1.82) is 0 Å². The predicted octanol–water partition coefficient (Wildman–Crippen LogP) is 4.72. The van der Waals surface area contributed by atoms with Crippen molar-refractivity contribution in [3.8, 4) is 11.5 Å². The number of carbonyl (C=O) groups excluding carboxylic acids is 2. The first kappa shape index (κ1) is 29.6. The maximum atomic E-state index is 13.7. The first-order valence-electron chi connectivity index (χ1n) is 12.7. The molecule has 0 saturated heterocycles. The Kier molecular flexibility index (Phi) is 10.4. The van der Waals surface area contributed by atoms with Crippen LogP contribution < -0.4 is 14.4 Å². The number of nitrogens with zero attached hydrogens (tertiary/aromatic N) is 2. The summed E-state index contributed by atoms with van der Waals surface area (Å²) in [7, 11) is -3.87. The van der Waals surface area contributed by atoms with Gasteiger partial charge in [0.05, 0.1) is 11.9 Å².